The molecule has 22 heavy (non-hydrogen) atoms. The van der Waals surface area contributed by atoms with Crippen molar-refractivity contribution >= 4 is 5.91 Å². The number of benzene rings is 1. The highest BCUT2D eigenvalue weighted by Gasteiger charge is 2.16. The van der Waals surface area contributed by atoms with Gasteiger partial charge in [-0.2, -0.15) is 0 Å². The maximum atomic E-state index is 12.1. The zero-order valence-electron chi connectivity index (χ0n) is 13.7. The molecule has 1 aromatic carbocycles. The molecule has 1 atom stereocenters. The van der Waals surface area contributed by atoms with E-state index in [2.05, 4.69) is 29.1 Å². The Bertz CT molecular complexity index is 466. The lowest BCUT2D eigenvalue weighted by Gasteiger charge is -2.33. The molecule has 3 N–H and O–H groups in total. The van der Waals surface area contributed by atoms with Crippen molar-refractivity contribution in [3.05, 3.63) is 35.4 Å². The molecule has 1 saturated heterocycles. The van der Waals surface area contributed by atoms with Crippen LogP contribution in [0.3, 0.4) is 0 Å². The number of nitrogens with zero attached hydrogens (tertiary/aromatic N) is 2. The maximum absolute atomic E-state index is 12.1. The van der Waals surface area contributed by atoms with Gasteiger partial charge >= 0.3 is 0 Å². The van der Waals surface area contributed by atoms with Gasteiger partial charge in [0.2, 0.25) is 0 Å². The minimum atomic E-state index is -0.00574. The summed E-state index contributed by atoms with van der Waals surface area (Å²) < 4.78 is 0. The van der Waals surface area contributed by atoms with E-state index in [1.807, 2.05) is 24.3 Å². The summed E-state index contributed by atoms with van der Waals surface area (Å²) in [6, 6.07) is 7.48. The standard InChI is InChI=1S/C17H28N4O/c1-14(13-21-9-7-20(2)8-10-21)12-19-17(22)16-5-3-15(11-18)4-6-16/h3-6,14H,7-13,18H2,1-2H3,(H,19,22). The first-order chi connectivity index (χ1) is 10.6. The first-order valence-electron chi connectivity index (χ1n) is 8.06. The van der Waals surface area contributed by atoms with Crippen LogP contribution in [-0.2, 0) is 6.54 Å². The molecule has 1 unspecified atom stereocenters. The lowest BCUT2D eigenvalue weighted by molar-refractivity contribution is 0.0937. The quantitative estimate of drug-likeness (QED) is 0.814. The number of hydrogen-bond acceptors (Lipinski definition) is 4. The molecule has 1 amide bonds. The second-order valence-electron chi connectivity index (χ2n) is 6.32. The third-order valence-electron chi connectivity index (χ3n) is 4.23. The summed E-state index contributed by atoms with van der Waals surface area (Å²) in [7, 11) is 2.16. The van der Waals surface area contributed by atoms with E-state index in [-0.39, 0.29) is 5.91 Å². The molecule has 2 rings (SSSR count). The molecule has 0 bridgehead atoms. The van der Waals surface area contributed by atoms with Gasteiger partial charge in [0.1, 0.15) is 0 Å². The number of likely N-dealkylation sites (N-methyl/N-ethyl adjacent to an activating group) is 1. The highest BCUT2D eigenvalue weighted by atomic mass is 16.1. The van der Waals surface area contributed by atoms with Crippen molar-refractivity contribution < 1.29 is 4.79 Å². The molecule has 122 valence electrons. The number of amides is 1. The topological polar surface area (TPSA) is 61.6 Å². The zero-order valence-corrected chi connectivity index (χ0v) is 13.7. The minimum absolute atomic E-state index is 0.00574. The highest BCUT2D eigenvalue weighted by molar-refractivity contribution is 5.94. The Hall–Kier alpha value is -1.43. The summed E-state index contributed by atoms with van der Waals surface area (Å²) in [6.07, 6.45) is 0. The summed E-state index contributed by atoms with van der Waals surface area (Å²) >= 11 is 0. The van der Waals surface area contributed by atoms with Crippen LogP contribution in [0.1, 0.15) is 22.8 Å². The molecule has 1 aliphatic heterocycles. The Morgan fingerprint density at radius 1 is 1.23 bits per heavy atom. The molecule has 5 heteroatoms. The van der Waals surface area contributed by atoms with Crippen LogP contribution >= 0.6 is 0 Å². The average Bonchev–Trinajstić information content (AvgIpc) is 2.55. The monoisotopic (exact) mass is 304 g/mol. The predicted molar refractivity (Wildman–Crippen MR) is 89.8 cm³/mol. The summed E-state index contributed by atoms with van der Waals surface area (Å²) in [4.78, 5) is 17.0. The molecule has 1 fully saturated rings. The van der Waals surface area contributed by atoms with Crippen LogP contribution in [0, 0.1) is 5.92 Å². The number of hydrogen-bond donors (Lipinski definition) is 2. The molecule has 0 aromatic heterocycles. The van der Waals surface area contributed by atoms with Crippen LogP contribution in [0.5, 0.6) is 0 Å². The maximum Gasteiger partial charge on any atom is 0.251 e. The van der Waals surface area contributed by atoms with Gasteiger partial charge in [0, 0.05) is 51.4 Å². The fraction of sp³-hybridized carbons (Fsp3) is 0.588. The SMILES string of the molecule is CC(CNC(=O)c1ccc(CN)cc1)CN1CCN(C)CC1. The van der Waals surface area contributed by atoms with Gasteiger partial charge in [-0.1, -0.05) is 19.1 Å². The molecular weight excluding hydrogens is 276 g/mol. The number of nitrogens with one attached hydrogen (secondary N) is 1. The van der Waals surface area contributed by atoms with Gasteiger partial charge in [0.05, 0.1) is 0 Å². The molecule has 1 aromatic rings. The van der Waals surface area contributed by atoms with E-state index in [1.165, 1.54) is 0 Å². The molecule has 0 spiro atoms. The van der Waals surface area contributed by atoms with Crippen molar-refractivity contribution in [2.24, 2.45) is 11.7 Å². The summed E-state index contributed by atoms with van der Waals surface area (Å²) in [5, 5.41) is 3.03. The second kappa shape index (κ2) is 8.27. The van der Waals surface area contributed by atoms with E-state index in [1.54, 1.807) is 0 Å². The van der Waals surface area contributed by atoms with Gasteiger partial charge in [-0.25, -0.2) is 0 Å². The first-order valence-corrected chi connectivity index (χ1v) is 8.06. The molecule has 0 aliphatic carbocycles. The van der Waals surface area contributed by atoms with Crippen LogP contribution in [0.15, 0.2) is 24.3 Å². The van der Waals surface area contributed by atoms with Gasteiger partial charge in [-0.3, -0.25) is 4.79 Å². The second-order valence-corrected chi connectivity index (χ2v) is 6.32. The number of nitrogens with two attached hydrogens (primary N) is 1. The van der Waals surface area contributed by atoms with E-state index in [0.717, 1.165) is 38.3 Å². The fourth-order valence-corrected chi connectivity index (χ4v) is 2.70. The van der Waals surface area contributed by atoms with Crippen LogP contribution in [-0.4, -0.2) is 62.0 Å². The van der Waals surface area contributed by atoms with Gasteiger partial charge in [-0.05, 0) is 30.7 Å². The smallest absolute Gasteiger partial charge is 0.251 e. The van der Waals surface area contributed by atoms with Crippen LogP contribution in [0.2, 0.25) is 0 Å². The fourth-order valence-electron chi connectivity index (χ4n) is 2.70. The van der Waals surface area contributed by atoms with Crippen molar-refractivity contribution in [2.75, 3.05) is 46.3 Å². The van der Waals surface area contributed by atoms with Gasteiger partial charge < -0.3 is 20.9 Å². The molecule has 5 nitrogen and oxygen atoms in total. The number of carbonyl (C=O) groups excluding carboxylic acids is 1. The summed E-state index contributed by atoms with van der Waals surface area (Å²) in [5.41, 5.74) is 7.30. The van der Waals surface area contributed by atoms with Gasteiger partial charge in [-0.15, -0.1) is 0 Å². The van der Waals surface area contributed by atoms with Gasteiger partial charge in [0.25, 0.3) is 5.91 Å². The average molecular weight is 304 g/mol. The number of carbonyl (C=O) groups is 1. The largest absolute Gasteiger partial charge is 0.352 e. The molecular formula is C17H28N4O. The van der Waals surface area contributed by atoms with Crippen LogP contribution in [0.4, 0.5) is 0 Å². The van der Waals surface area contributed by atoms with Crippen molar-refractivity contribution in [2.45, 2.75) is 13.5 Å². The Morgan fingerprint density at radius 3 is 2.45 bits per heavy atom. The Kier molecular flexibility index (Phi) is 6.36. The lowest BCUT2D eigenvalue weighted by Crippen LogP contribution is -2.46. The van der Waals surface area contributed by atoms with E-state index in [4.69, 9.17) is 5.73 Å². The Morgan fingerprint density at radius 2 is 1.86 bits per heavy atom. The zero-order chi connectivity index (χ0) is 15.9. The number of piperazine rings is 1. The predicted octanol–water partition coefficient (Wildman–Crippen LogP) is 0.759. The van der Waals surface area contributed by atoms with Crippen LogP contribution < -0.4 is 11.1 Å². The normalized spacial score (nSPS) is 18.1. The van der Waals surface area contributed by atoms with Crippen molar-refractivity contribution in [1.82, 2.24) is 15.1 Å². The third-order valence-corrected chi connectivity index (χ3v) is 4.23. The van der Waals surface area contributed by atoms with Crippen molar-refractivity contribution in [1.29, 1.82) is 0 Å². The van der Waals surface area contributed by atoms with E-state index < -0.39 is 0 Å². The summed E-state index contributed by atoms with van der Waals surface area (Å²) in [5.74, 6) is 0.449. The van der Waals surface area contributed by atoms with Gasteiger partial charge in [0.15, 0.2) is 0 Å². The van der Waals surface area contributed by atoms with E-state index in [0.29, 0.717) is 24.6 Å². The van der Waals surface area contributed by atoms with E-state index in [9.17, 15) is 4.79 Å². The van der Waals surface area contributed by atoms with Crippen LogP contribution in [0.25, 0.3) is 0 Å². The molecule has 1 heterocycles. The highest BCUT2D eigenvalue weighted by Crippen LogP contribution is 2.06. The lowest BCUT2D eigenvalue weighted by atomic mass is 10.1. The van der Waals surface area contributed by atoms with E-state index >= 15 is 0 Å². The summed E-state index contributed by atoms with van der Waals surface area (Å²) in [6.45, 7) is 8.95. The Labute approximate surface area is 133 Å². The molecule has 1 aliphatic rings. The third kappa shape index (κ3) is 5.09. The van der Waals surface area contributed by atoms with Crippen molar-refractivity contribution in [3.8, 4) is 0 Å². The Balaban J connectivity index is 1.73. The number of rotatable bonds is 6. The minimum Gasteiger partial charge on any atom is -0.352 e. The van der Waals surface area contributed by atoms with Crippen molar-refractivity contribution in [3.63, 3.8) is 0 Å². The first kappa shape index (κ1) is 16.9. The molecule has 0 saturated carbocycles. The molecule has 0 radical (unpaired) electrons.